The van der Waals surface area contributed by atoms with E-state index in [9.17, 15) is 26.4 Å². The minimum absolute atomic E-state index is 0.0154. The van der Waals surface area contributed by atoms with Gasteiger partial charge in [0.25, 0.3) is 0 Å². The zero-order valence-corrected chi connectivity index (χ0v) is 17.2. The van der Waals surface area contributed by atoms with E-state index in [0.29, 0.717) is 0 Å². The Labute approximate surface area is 162 Å². The molecule has 28 heavy (non-hydrogen) atoms. The summed E-state index contributed by atoms with van der Waals surface area (Å²) in [5.74, 6) is 0. The highest BCUT2D eigenvalue weighted by Crippen LogP contribution is 2.32. The topological polar surface area (TPSA) is 79.8 Å². The first-order valence-electron chi connectivity index (χ1n) is 8.66. The summed E-state index contributed by atoms with van der Waals surface area (Å²) in [5, 5.41) is 0. The van der Waals surface area contributed by atoms with Gasteiger partial charge in [-0.1, -0.05) is 0 Å². The van der Waals surface area contributed by atoms with Gasteiger partial charge in [0, 0.05) is 26.2 Å². The van der Waals surface area contributed by atoms with Gasteiger partial charge in [-0.15, -0.1) is 0 Å². The number of ether oxygens (including phenoxy) is 1. The monoisotopic (exact) mass is 423 g/mol. The molecule has 1 aliphatic heterocycles. The summed E-state index contributed by atoms with van der Waals surface area (Å²) in [6, 6.07) is 0.733. The van der Waals surface area contributed by atoms with Gasteiger partial charge in [0.15, 0.2) is 0 Å². The molecule has 2 rings (SSSR count). The molecule has 0 spiro atoms. The van der Waals surface area contributed by atoms with E-state index in [0.717, 1.165) is 10.4 Å². The largest absolute Gasteiger partial charge is 0.444 e. The maximum atomic E-state index is 13.0. The number of carbonyl (C=O) groups excluding carboxylic acids is 1. The fourth-order valence-electron chi connectivity index (χ4n) is 2.92. The number of carbonyl (C=O) groups is 1. The third-order valence-electron chi connectivity index (χ3n) is 4.11. The van der Waals surface area contributed by atoms with E-state index in [2.05, 4.69) is 4.98 Å². The Kier molecular flexibility index (Phi) is 6.01. The van der Waals surface area contributed by atoms with Crippen molar-refractivity contribution in [2.45, 2.75) is 51.3 Å². The molecule has 0 aromatic carbocycles. The van der Waals surface area contributed by atoms with Crippen LogP contribution in [0.5, 0.6) is 0 Å². The highest BCUT2D eigenvalue weighted by Gasteiger charge is 2.37. The number of piperazine rings is 1. The molecule has 1 aliphatic rings. The quantitative estimate of drug-likeness (QED) is 0.731. The third kappa shape index (κ3) is 4.93. The standard InChI is InChI=1S/C17H24F3N3O4S/c1-11-10-13(17(18,19)20)21-12(2)14(11)28(25,26)23-8-6-22(7-9-23)15(24)27-16(3,4)5/h10H,6-9H2,1-5H3. The molecule has 11 heteroatoms. The Balaban J connectivity index is 2.20. The number of alkyl halides is 3. The lowest BCUT2D eigenvalue weighted by molar-refractivity contribution is -0.141. The average molecular weight is 423 g/mol. The molecule has 0 saturated carbocycles. The Hall–Kier alpha value is -1.88. The molecule has 0 bridgehead atoms. The fourth-order valence-corrected chi connectivity index (χ4v) is 4.71. The van der Waals surface area contributed by atoms with Crippen LogP contribution in [0.2, 0.25) is 0 Å². The van der Waals surface area contributed by atoms with Crippen LogP contribution in [0.1, 0.15) is 37.7 Å². The number of nitrogens with zero attached hydrogens (tertiary/aromatic N) is 3. The second-order valence-electron chi connectivity index (χ2n) is 7.61. The van der Waals surface area contributed by atoms with Crippen molar-refractivity contribution in [2.24, 2.45) is 0 Å². The van der Waals surface area contributed by atoms with Crippen molar-refractivity contribution in [3.05, 3.63) is 23.0 Å². The number of halogens is 3. The minimum atomic E-state index is -4.66. The third-order valence-corrected chi connectivity index (χ3v) is 6.29. The van der Waals surface area contributed by atoms with Gasteiger partial charge in [-0.3, -0.25) is 0 Å². The Bertz CT molecular complexity index is 832. The number of sulfonamides is 1. The van der Waals surface area contributed by atoms with Crippen LogP contribution >= 0.6 is 0 Å². The molecule has 0 aliphatic carbocycles. The normalized spacial score (nSPS) is 16.9. The summed E-state index contributed by atoms with van der Waals surface area (Å²) >= 11 is 0. The number of rotatable bonds is 2. The molecule has 7 nitrogen and oxygen atoms in total. The summed E-state index contributed by atoms with van der Waals surface area (Å²) in [6.07, 6.45) is -5.19. The molecule has 1 fully saturated rings. The second kappa shape index (κ2) is 7.51. The maximum absolute atomic E-state index is 13.0. The summed E-state index contributed by atoms with van der Waals surface area (Å²) in [4.78, 5) is 16.7. The predicted octanol–water partition coefficient (Wildman–Crippen LogP) is 2.96. The summed E-state index contributed by atoms with van der Waals surface area (Å²) in [7, 11) is -4.05. The summed E-state index contributed by atoms with van der Waals surface area (Å²) in [5.41, 5.74) is -2.02. The van der Waals surface area contributed by atoms with Gasteiger partial charge >= 0.3 is 12.3 Å². The van der Waals surface area contributed by atoms with E-state index in [4.69, 9.17) is 4.74 Å². The highest BCUT2D eigenvalue weighted by atomic mass is 32.2. The maximum Gasteiger partial charge on any atom is 0.433 e. The van der Waals surface area contributed by atoms with E-state index >= 15 is 0 Å². The highest BCUT2D eigenvalue weighted by molar-refractivity contribution is 7.89. The summed E-state index contributed by atoms with van der Waals surface area (Å²) in [6.45, 7) is 8.03. The van der Waals surface area contributed by atoms with Gasteiger partial charge in [-0.05, 0) is 46.2 Å². The van der Waals surface area contributed by atoms with Crippen molar-refractivity contribution < 1.29 is 31.1 Å². The second-order valence-corrected chi connectivity index (χ2v) is 9.48. The number of pyridine rings is 1. The van der Waals surface area contributed by atoms with Gasteiger partial charge in [-0.25, -0.2) is 18.2 Å². The van der Waals surface area contributed by atoms with Crippen LogP contribution in [0.4, 0.5) is 18.0 Å². The van der Waals surface area contributed by atoms with Gasteiger partial charge in [-0.2, -0.15) is 17.5 Å². The van der Waals surface area contributed by atoms with Crippen molar-refractivity contribution in [3.8, 4) is 0 Å². The first-order chi connectivity index (χ1) is 12.6. The van der Waals surface area contributed by atoms with E-state index in [-0.39, 0.29) is 42.3 Å². The van der Waals surface area contributed by atoms with E-state index in [1.54, 1.807) is 20.8 Å². The first kappa shape index (κ1) is 22.4. The Morgan fingerprint density at radius 1 is 1.11 bits per heavy atom. The van der Waals surface area contributed by atoms with Crippen LogP contribution in [0, 0.1) is 13.8 Å². The first-order valence-corrected chi connectivity index (χ1v) is 10.1. The van der Waals surface area contributed by atoms with Crippen LogP contribution in [0.3, 0.4) is 0 Å². The van der Waals surface area contributed by atoms with E-state index in [1.807, 2.05) is 0 Å². The van der Waals surface area contributed by atoms with Crippen molar-refractivity contribution >= 4 is 16.1 Å². The number of aromatic nitrogens is 1. The number of hydrogen-bond acceptors (Lipinski definition) is 5. The van der Waals surface area contributed by atoms with Gasteiger partial charge < -0.3 is 9.64 Å². The zero-order valence-electron chi connectivity index (χ0n) is 16.4. The van der Waals surface area contributed by atoms with E-state index in [1.165, 1.54) is 18.7 Å². The van der Waals surface area contributed by atoms with Crippen LogP contribution < -0.4 is 0 Å². The Morgan fingerprint density at radius 2 is 1.64 bits per heavy atom. The number of aryl methyl sites for hydroxylation is 2. The lowest BCUT2D eigenvalue weighted by Crippen LogP contribution is -2.51. The molecular weight excluding hydrogens is 399 g/mol. The molecule has 0 N–H and O–H groups in total. The number of amides is 1. The van der Waals surface area contributed by atoms with Gasteiger partial charge in [0.05, 0.1) is 5.69 Å². The average Bonchev–Trinajstić information content (AvgIpc) is 2.51. The van der Waals surface area contributed by atoms with Crippen LogP contribution in [0.25, 0.3) is 0 Å². The molecule has 1 amide bonds. The molecule has 0 unspecified atom stereocenters. The van der Waals surface area contributed by atoms with Crippen LogP contribution in [-0.2, 0) is 20.9 Å². The lowest BCUT2D eigenvalue weighted by atomic mass is 10.2. The Morgan fingerprint density at radius 3 is 2.07 bits per heavy atom. The molecule has 0 radical (unpaired) electrons. The molecule has 0 atom stereocenters. The van der Waals surface area contributed by atoms with Crippen molar-refractivity contribution in [3.63, 3.8) is 0 Å². The number of hydrogen-bond donors (Lipinski definition) is 0. The van der Waals surface area contributed by atoms with Crippen LogP contribution in [0.15, 0.2) is 11.0 Å². The van der Waals surface area contributed by atoms with Crippen molar-refractivity contribution in [2.75, 3.05) is 26.2 Å². The minimum Gasteiger partial charge on any atom is -0.444 e. The molecule has 158 valence electrons. The molecular formula is C17H24F3N3O4S. The molecule has 2 heterocycles. The van der Waals surface area contributed by atoms with Gasteiger partial charge in [0.1, 0.15) is 16.2 Å². The van der Waals surface area contributed by atoms with Crippen LogP contribution in [-0.4, -0.2) is 60.5 Å². The van der Waals surface area contributed by atoms with Crippen molar-refractivity contribution in [1.82, 2.24) is 14.2 Å². The predicted molar refractivity (Wildman–Crippen MR) is 95.3 cm³/mol. The van der Waals surface area contributed by atoms with E-state index < -0.39 is 33.6 Å². The SMILES string of the molecule is Cc1cc(C(F)(F)F)nc(C)c1S(=O)(=O)N1CCN(C(=O)OC(C)(C)C)CC1. The molecule has 1 saturated heterocycles. The fraction of sp³-hybridized carbons (Fsp3) is 0.647. The summed E-state index contributed by atoms with van der Waals surface area (Å²) < 4.78 is 71.0. The molecule has 1 aromatic heterocycles. The lowest BCUT2D eigenvalue weighted by Gasteiger charge is -2.35. The zero-order chi connectivity index (χ0) is 21.5. The smallest absolute Gasteiger partial charge is 0.433 e. The molecule has 1 aromatic rings. The van der Waals surface area contributed by atoms with Gasteiger partial charge in [0.2, 0.25) is 10.0 Å². The van der Waals surface area contributed by atoms with Crippen molar-refractivity contribution in [1.29, 1.82) is 0 Å².